The van der Waals surface area contributed by atoms with Gasteiger partial charge in [-0.25, -0.2) is 4.79 Å². The molecule has 0 aliphatic rings. The number of hydrogen-bond donors (Lipinski definition) is 1. The van der Waals surface area contributed by atoms with Gasteiger partial charge in [0.2, 0.25) is 0 Å². The molecule has 5 heteroatoms. The van der Waals surface area contributed by atoms with E-state index in [9.17, 15) is 14.7 Å². The van der Waals surface area contributed by atoms with Crippen molar-refractivity contribution >= 4 is 0 Å². The molecule has 0 saturated carbocycles. The van der Waals surface area contributed by atoms with Crippen molar-refractivity contribution in [3.8, 4) is 5.75 Å². The van der Waals surface area contributed by atoms with Crippen LogP contribution in [0.15, 0.2) is 64.3 Å². The Kier molecular flexibility index (Phi) is 4.57. The fourth-order valence-corrected chi connectivity index (χ4v) is 2.73. The summed E-state index contributed by atoms with van der Waals surface area (Å²) in [5.41, 5.74) is 2.82. The summed E-state index contributed by atoms with van der Waals surface area (Å²) in [5.74, 6) is 0.177. The van der Waals surface area contributed by atoms with Crippen molar-refractivity contribution in [2.24, 2.45) is 0 Å². The molecule has 25 heavy (non-hydrogen) atoms. The van der Waals surface area contributed by atoms with Gasteiger partial charge in [-0.3, -0.25) is 13.9 Å². The van der Waals surface area contributed by atoms with Crippen LogP contribution in [0.3, 0.4) is 0 Å². The van der Waals surface area contributed by atoms with E-state index >= 15 is 0 Å². The molecule has 0 unspecified atom stereocenters. The van der Waals surface area contributed by atoms with Gasteiger partial charge in [-0.15, -0.1) is 0 Å². The first-order valence-corrected chi connectivity index (χ1v) is 8.08. The fraction of sp³-hybridized carbons (Fsp3) is 0.200. The van der Waals surface area contributed by atoms with Gasteiger partial charge in [0.25, 0.3) is 5.56 Å². The lowest BCUT2D eigenvalue weighted by Crippen LogP contribution is -2.41. The lowest BCUT2D eigenvalue weighted by atomic mass is 10.1. The molecule has 0 amide bonds. The average Bonchev–Trinajstić information content (AvgIpc) is 2.60. The number of aromatic nitrogens is 2. The number of aromatic hydroxyl groups is 1. The molecule has 2 aromatic carbocycles. The summed E-state index contributed by atoms with van der Waals surface area (Å²) >= 11 is 0. The van der Waals surface area contributed by atoms with Gasteiger partial charge in [0.05, 0.1) is 13.1 Å². The van der Waals surface area contributed by atoms with Crippen molar-refractivity contribution in [1.82, 2.24) is 9.13 Å². The van der Waals surface area contributed by atoms with E-state index in [1.807, 2.05) is 31.2 Å². The SMILES string of the molecule is Cc1ccc(Cn2c(=O)c(C)cn(Cc3ccc(O)cc3)c2=O)cc1. The summed E-state index contributed by atoms with van der Waals surface area (Å²) in [6, 6.07) is 14.4. The Morgan fingerprint density at radius 1 is 0.840 bits per heavy atom. The number of hydrogen-bond acceptors (Lipinski definition) is 3. The van der Waals surface area contributed by atoms with Crippen LogP contribution in [0.5, 0.6) is 5.75 Å². The summed E-state index contributed by atoms with van der Waals surface area (Å²) < 4.78 is 2.79. The molecule has 0 aliphatic heterocycles. The molecular weight excluding hydrogens is 316 g/mol. The van der Waals surface area contributed by atoms with Crippen molar-refractivity contribution in [3.63, 3.8) is 0 Å². The van der Waals surface area contributed by atoms with Crippen LogP contribution in [0, 0.1) is 13.8 Å². The van der Waals surface area contributed by atoms with Gasteiger partial charge >= 0.3 is 5.69 Å². The van der Waals surface area contributed by atoms with Crippen molar-refractivity contribution in [2.75, 3.05) is 0 Å². The van der Waals surface area contributed by atoms with Crippen LogP contribution in [0.2, 0.25) is 0 Å². The van der Waals surface area contributed by atoms with E-state index in [4.69, 9.17) is 0 Å². The Hall–Kier alpha value is -3.08. The smallest absolute Gasteiger partial charge is 0.331 e. The maximum absolute atomic E-state index is 12.8. The van der Waals surface area contributed by atoms with E-state index < -0.39 is 0 Å². The first kappa shape index (κ1) is 16.8. The van der Waals surface area contributed by atoms with Crippen molar-refractivity contribution < 1.29 is 5.11 Å². The number of phenols is 1. The predicted octanol–water partition coefficient (Wildman–Crippen LogP) is 2.43. The van der Waals surface area contributed by atoms with E-state index in [2.05, 4.69) is 0 Å². The molecule has 1 heterocycles. The summed E-state index contributed by atoms with van der Waals surface area (Å²) in [6.07, 6.45) is 1.59. The normalized spacial score (nSPS) is 10.8. The standard InChI is InChI=1S/C20H20N2O3/c1-14-3-5-17(6-4-14)13-22-19(24)15(2)11-21(20(22)25)12-16-7-9-18(23)10-8-16/h3-11,23H,12-13H2,1-2H3. The number of aryl methyl sites for hydroxylation is 2. The van der Waals surface area contributed by atoms with Gasteiger partial charge in [-0.2, -0.15) is 0 Å². The van der Waals surface area contributed by atoms with Crippen LogP contribution < -0.4 is 11.2 Å². The third kappa shape index (κ3) is 3.71. The molecule has 0 radical (unpaired) electrons. The lowest BCUT2D eigenvalue weighted by Gasteiger charge is -2.12. The van der Waals surface area contributed by atoms with Crippen LogP contribution >= 0.6 is 0 Å². The lowest BCUT2D eigenvalue weighted by molar-refractivity contribution is 0.475. The second-order valence-corrected chi connectivity index (χ2v) is 6.27. The molecule has 0 atom stereocenters. The number of nitrogens with zero attached hydrogens (tertiary/aromatic N) is 2. The molecule has 0 saturated heterocycles. The number of rotatable bonds is 4. The average molecular weight is 336 g/mol. The molecule has 0 spiro atoms. The van der Waals surface area contributed by atoms with Gasteiger partial charge in [-0.05, 0) is 37.1 Å². The molecule has 3 aromatic rings. The van der Waals surface area contributed by atoms with E-state index in [0.29, 0.717) is 12.1 Å². The molecule has 0 fully saturated rings. The zero-order valence-corrected chi connectivity index (χ0v) is 14.3. The first-order valence-electron chi connectivity index (χ1n) is 8.08. The van der Waals surface area contributed by atoms with Crippen LogP contribution in [0.4, 0.5) is 0 Å². The minimum atomic E-state index is -0.343. The van der Waals surface area contributed by atoms with Crippen molar-refractivity contribution in [3.05, 3.63) is 97.8 Å². The van der Waals surface area contributed by atoms with Crippen LogP contribution in [0.25, 0.3) is 0 Å². The van der Waals surface area contributed by atoms with Gasteiger partial charge in [0.1, 0.15) is 5.75 Å². The third-order valence-electron chi connectivity index (χ3n) is 4.16. The predicted molar refractivity (Wildman–Crippen MR) is 97.2 cm³/mol. The Morgan fingerprint density at radius 3 is 2.04 bits per heavy atom. The Morgan fingerprint density at radius 2 is 1.40 bits per heavy atom. The fourth-order valence-electron chi connectivity index (χ4n) is 2.73. The molecule has 128 valence electrons. The molecule has 1 N–H and O–H groups in total. The summed E-state index contributed by atoms with van der Waals surface area (Å²) in [6.45, 7) is 4.29. The largest absolute Gasteiger partial charge is 0.508 e. The first-order chi connectivity index (χ1) is 11.9. The van der Waals surface area contributed by atoms with E-state index in [0.717, 1.165) is 16.7 Å². The molecule has 0 aliphatic carbocycles. The number of benzene rings is 2. The van der Waals surface area contributed by atoms with Gasteiger partial charge in [0.15, 0.2) is 0 Å². The van der Waals surface area contributed by atoms with Crippen molar-refractivity contribution in [2.45, 2.75) is 26.9 Å². The van der Waals surface area contributed by atoms with Crippen LogP contribution in [-0.4, -0.2) is 14.2 Å². The molecular formula is C20H20N2O3. The van der Waals surface area contributed by atoms with Crippen LogP contribution in [-0.2, 0) is 13.1 Å². The zero-order chi connectivity index (χ0) is 18.0. The minimum absolute atomic E-state index is 0.177. The molecule has 0 bridgehead atoms. The maximum Gasteiger partial charge on any atom is 0.331 e. The Labute approximate surface area is 145 Å². The molecule has 5 nitrogen and oxygen atoms in total. The summed E-state index contributed by atoms with van der Waals surface area (Å²) in [4.78, 5) is 25.2. The summed E-state index contributed by atoms with van der Waals surface area (Å²) in [5, 5.41) is 9.37. The molecule has 3 rings (SSSR count). The number of phenolic OH excluding ortho intramolecular Hbond substituents is 1. The second kappa shape index (κ2) is 6.81. The van der Waals surface area contributed by atoms with E-state index in [-0.39, 0.29) is 23.5 Å². The Balaban J connectivity index is 1.99. The summed E-state index contributed by atoms with van der Waals surface area (Å²) in [7, 11) is 0. The highest BCUT2D eigenvalue weighted by Crippen LogP contribution is 2.10. The topological polar surface area (TPSA) is 64.2 Å². The monoisotopic (exact) mass is 336 g/mol. The maximum atomic E-state index is 12.8. The minimum Gasteiger partial charge on any atom is -0.508 e. The zero-order valence-electron chi connectivity index (χ0n) is 14.3. The highest BCUT2D eigenvalue weighted by atomic mass is 16.3. The quantitative estimate of drug-likeness (QED) is 0.796. The van der Waals surface area contributed by atoms with E-state index in [1.54, 1.807) is 37.4 Å². The van der Waals surface area contributed by atoms with Gasteiger partial charge in [0, 0.05) is 11.8 Å². The van der Waals surface area contributed by atoms with Gasteiger partial charge < -0.3 is 5.11 Å². The van der Waals surface area contributed by atoms with Crippen molar-refractivity contribution in [1.29, 1.82) is 0 Å². The van der Waals surface area contributed by atoms with E-state index in [1.165, 1.54) is 9.13 Å². The van der Waals surface area contributed by atoms with Crippen LogP contribution in [0.1, 0.15) is 22.3 Å². The Bertz CT molecular complexity index is 997. The second-order valence-electron chi connectivity index (χ2n) is 6.27. The molecule has 1 aromatic heterocycles. The highest BCUT2D eigenvalue weighted by Gasteiger charge is 2.10. The third-order valence-corrected chi connectivity index (χ3v) is 4.16. The highest BCUT2D eigenvalue weighted by molar-refractivity contribution is 5.26. The van der Waals surface area contributed by atoms with Gasteiger partial charge in [-0.1, -0.05) is 42.0 Å².